The normalized spacial score (nSPS) is 12.3. The standard InChI is InChI=1S/C19H16FN5OS/c1-12(17-22-23-18(26-17)13-8-4-3-5-9-13)27-19-24-21-16(25(19)2)14-10-6-7-11-15(14)20/h3-12H,1-2H3. The van der Waals surface area contributed by atoms with Crippen LogP contribution in [0.5, 0.6) is 0 Å². The minimum absolute atomic E-state index is 0.133. The van der Waals surface area contributed by atoms with Gasteiger partial charge in [0.1, 0.15) is 5.82 Å². The average Bonchev–Trinajstić information content (AvgIpc) is 3.31. The van der Waals surface area contributed by atoms with Crippen LogP contribution < -0.4 is 0 Å². The Labute approximate surface area is 159 Å². The second kappa shape index (κ2) is 7.32. The zero-order valence-corrected chi connectivity index (χ0v) is 15.5. The molecule has 0 aliphatic heterocycles. The predicted octanol–water partition coefficient (Wildman–Crippen LogP) is 4.52. The highest BCUT2D eigenvalue weighted by molar-refractivity contribution is 7.99. The molecule has 0 aliphatic carbocycles. The molecule has 0 bridgehead atoms. The number of halogens is 1. The minimum Gasteiger partial charge on any atom is -0.419 e. The molecular weight excluding hydrogens is 365 g/mol. The summed E-state index contributed by atoms with van der Waals surface area (Å²) in [5.41, 5.74) is 1.28. The highest BCUT2D eigenvalue weighted by Gasteiger charge is 2.21. The van der Waals surface area contributed by atoms with Crippen LogP contribution in [-0.4, -0.2) is 25.0 Å². The maximum Gasteiger partial charge on any atom is 0.247 e. The molecule has 2 heterocycles. The number of thioether (sulfide) groups is 1. The van der Waals surface area contributed by atoms with E-state index in [9.17, 15) is 4.39 Å². The molecule has 0 saturated carbocycles. The van der Waals surface area contributed by atoms with Gasteiger partial charge in [-0.1, -0.05) is 42.1 Å². The summed E-state index contributed by atoms with van der Waals surface area (Å²) in [7, 11) is 1.81. The fraction of sp³-hybridized carbons (Fsp3) is 0.158. The van der Waals surface area contributed by atoms with E-state index in [1.807, 2.05) is 37.3 Å². The third-order valence-corrected chi connectivity index (χ3v) is 5.16. The van der Waals surface area contributed by atoms with Crippen LogP contribution in [0.3, 0.4) is 0 Å². The summed E-state index contributed by atoms with van der Waals surface area (Å²) in [5, 5.41) is 17.1. The molecule has 27 heavy (non-hydrogen) atoms. The van der Waals surface area contributed by atoms with Crippen LogP contribution in [-0.2, 0) is 7.05 Å². The van der Waals surface area contributed by atoms with Crippen molar-refractivity contribution in [1.82, 2.24) is 25.0 Å². The molecule has 6 nitrogen and oxygen atoms in total. The van der Waals surface area contributed by atoms with E-state index in [2.05, 4.69) is 20.4 Å². The lowest BCUT2D eigenvalue weighted by Gasteiger charge is -2.07. The van der Waals surface area contributed by atoms with Crippen molar-refractivity contribution in [3.63, 3.8) is 0 Å². The van der Waals surface area contributed by atoms with Crippen LogP contribution in [0.2, 0.25) is 0 Å². The molecule has 4 rings (SSSR count). The highest BCUT2D eigenvalue weighted by atomic mass is 32.2. The van der Waals surface area contributed by atoms with Crippen molar-refractivity contribution >= 4 is 11.8 Å². The van der Waals surface area contributed by atoms with E-state index in [4.69, 9.17) is 4.42 Å². The van der Waals surface area contributed by atoms with Crippen LogP contribution in [0.15, 0.2) is 64.2 Å². The van der Waals surface area contributed by atoms with Crippen molar-refractivity contribution in [3.8, 4) is 22.8 Å². The molecule has 0 N–H and O–H groups in total. The van der Waals surface area contributed by atoms with Gasteiger partial charge < -0.3 is 8.98 Å². The molecule has 0 aliphatic rings. The Bertz CT molecular complexity index is 1060. The highest BCUT2D eigenvalue weighted by Crippen LogP contribution is 2.35. The van der Waals surface area contributed by atoms with Gasteiger partial charge in [0.05, 0.1) is 10.8 Å². The Hall–Kier alpha value is -3.00. The van der Waals surface area contributed by atoms with E-state index in [1.54, 1.807) is 29.8 Å². The first kappa shape index (κ1) is 17.4. The summed E-state index contributed by atoms with van der Waals surface area (Å²) in [4.78, 5) is 0. The Kier molecular flexibility index (Phi) is 4.72. The summed E-state index contributed by atoms with van der Waals surface area (Å²) in [6.45, 7) is 1.95. The summed E-state index contributed by atoms with van der Waals surface area (Å²) < 4.78 is 21.6. The first-order chi connectivity index (χ1) is 13.1. The third kappa shape index (κ3) is 3.48. The van der Waals surface area contributed by atoms with Crippen molar-refractivity contribution in [2.45, 2.75) is 17.3 Å². The van der Waals surface area contributed by atoms with Gasteiger partial charge in [-0.3, -0.25) is 0 Å². The summed E-state index contributed by atoms with van der Waals surface area (Å²) in [6.07, 6.45) is 0. The van der Waals surface area contributed by atoms with Crippen molar-refractivity contribution < 1.29 is 8.81 Å². The lowest BCUT2D eigenvalue weighted by atomic mass is 10.2. The van der Waals surface area contributed by atoms with Crippen molar-refractivity contribution in [1.29, 1.82) is 0 Å². The van der Waals surface area contributed by atoms with Crippen molar-refractivity contribution in [3.05, 3.63) is 66.3 Å². The fourth-order valence-electron chi connectivity index (χ4n) is 2.60. The lowest BCUT2D eigenvalue weighted by Crippen LogP contribution is -1.98. The number of rotatable bonds is 5. The maximum absolute atomic E-state index is 14.0. The van der Waals surface area contributed by atoms with Crippen LogP contribution >= 0.6 is 11.8 Å². The van der Waals surface area contributed by atoms with Gasteiger partial charge in [0.25, 0.3) is 0 Å². The smallest absolute Gasteiger partial charge is 0.247 e. The molecule has 1 atom stereocenters. The molecule has 2 aromatic heterocycles. The van der Waals surface area contributed by atoms with Crippen LogP contribution in [0.25, 0.3) is 22.8 Å². The molecule has 0 saturated heterocycles. The quantitative estimate of drug-likeness (QED) is 0.473. The topological polar surface area (TPSA) is 69.6 Å². The monoisotopic (exact) mass is 381 g/mol. The van der Waals surface area contributed by atoms with Crippen LogP contribution in [0.1, 0.15) is 18.1 Å². The second-order valence-corrected chi connectivity index (χ2v) is 7.22. The minimum atomic E-state index is -0.331. The van der Waals surface area contributed by atoms with Gasteiger partial charge in [-0.2, -0.15) is 0 Å². The van der Waals surface area contributed by atoms with Crippen LogP contribution in [0.4, 0.5) is 4.39 Å². The van der Waals surface area contributed by atoms with E-state index >= 15 is 0 Å². The molecule has 136 valence electrons. The average molecular weight is 381 g/mol. The Morgan fingerprint density at radius 1 is 0.963 bits per heavy atom. The van der Waals surface area contributed by atoms with Gasteiger partial charge in [0, 0.05) is 12.6 Å². The Morgan fingerprint density at radius 2 is 1.70 bits per heavy atom. The van der Waals surface area contributed by atoms with E-state index in [0.717, 1.165) is 5.56 Å². The van der Waals surface area contributed by atoms with Crippen molar-refractivity contribution in [2.75, 3.05) is 0 Å². The molecule has 4 aromatic rings. The molecule has 0 spiro atoms. The van der Waals surface area contributed by atoms with Crippen LogP contribution in [0, 0.1) is 5.82 Å². The molecule has 0 amide bonds. The molecule has 1 unspecified atom stereocenters. The number of hydrogen-bond donors (Lipinski definition) is 0. The summed E-state index contributed by atoms with van der Waals surface area (Å²) >= 11 is 1.42. The molecule has 8 heteroatoms. The predicted molar refractivity (Wildman–Crippen MR) is 100 cm³/mol. The number of benzene rings is 2. The van der Waals surface area contributed by atoms with Gasteiger partial charge in [-0.15, -0.1) is 20.4 Å². The second-order valence-electron chi connectivity index (χ2n) is 5.92. The zero-order valence-electron chi connectivity index (χ0n) is 14.7. The lowest BCUT2D eigenvalue weighted by molar-refractivity contribution is 0.508. The van der Waals surface area contributed by atoms with Gasteiger partial charge in [-0.25, -0.2) is 4.39 Å². The summed E-state index contributed by atoms with van der Waals surface area (Å²) in [6, 6.07) is 16.1. The Morgan fingerprint density at radius 3 is 2.48 bits per heavy atom. The van der Waals surface area contributed by atoms with Gasteiger partial charge in [-0.05, 0) is 31.2 Å². The summed E-state index contributed by atoms with van der Waals surface area (Å²) in [5.74, 6) is 1.11. The first-order valence-corrected chi connectivity index (χ1v) is 9.21. The van der Waals surface area contributed by atoms with E-state index in [-0.39, 0.29) is 11.1 Å². The van der Waals surface area contributed by atoms with E-state index in [0.29, 0.717) is 28.3 Å². The number of hydrogen-bond acceptors (Lipinski definition) is 6. The van der Waals surface area contributed by atoms with Gasteiger partial charge >= 0.3 is 0 Å². The van der Waals surface area contributed by atoms with Gasteiger partial charge in [0.2, 0.25) is 11.8 Å². The SMILES string of the molecule is CC(Sc1nnc(-c2ccccc2F)n1C)c1nnc(-c2ccccc2)o1. The first-order valence-electron chi connectivity index (χ1n) is 8.33. The number of aromatic nitrogens is 5. The molecular formula is C19H16FN5OS. The molecule has 0 fully saturated rings. The Balaban J connectivity index is 1.55. The van der Waals surface area contributed by atoms with E-state index in [1.165, 1.54) is 17.8 Å². The fourth-order valence-corrected chi connectivity index (χ4v) is 3.44. The number of nitrogens with zero attached hydrogens (tertiary/aromatic N) is 5. The third-order valence-electron chi connectivity index (χ3n) is 4.04. The largest absolute Gasteiger partial charge is 0.419 e. The van der Waals surface area contributed by atoms with Crippen molar-refractivity contribution in [2.24, 2.45) is 7.05 Å². The van der Waals surface area contributed by atoms with Gasteiger partial charge in [0.15, 0.2) is 11.0 Å². The zero-order chi connectivity index (χ0) is 18.8. The molecule has 2 aromatic carbocycles. The molecule has 0 radical (unpaired) electrons. The van der Waals surface area contributed by atoms with E-state index < -0.39 is 0 Å². The maximum atomic E-state index is 14.0.